The van der Waals surface area contributed by atoms with Crippen LogP contribution in [0.2, 0.25) is 0 Å². The summed E-state index contributed by atoms with van der Waals surface area (Å²) in [5.41, 5.74) is 0. The van der Waals surface area contributed by atoms with Gasteiger partial charge in [0.1, 0.15) is 6.04 Å². The van der Waals surface area contributed by atoms with Gasteiger partial charge in [0, 0.05) is 11.6 Å². The maximum atomic E-state index is 11.2. The number of carbonyl (C=O) groups is 1. The zero-order chi connectivity index (χ0) is 10.3. The summed E-state index contributed by atoms with van der Waals surface area (Å²) in [6.07, 6.45) is 2.14. The van der Waals surface area contributed by atoms with E-state index in [4.69, 9.17) is 0 Å². The first-order valence-corrected chi connectivity index (χ1v) is 4.63. The molecule has 1 atom stereocenters. The Morgan fingerprint density at radius 1 is 1.62 bits per heavy atom. The van der Waals surface area contributed by atoms with E-state index in [2.05, 4.69) is 21.9 Å². The Balaban J connectivity index is 4.26. The molecule has 0 spiro atoms. The van der Waals surface area contributed by atoms with Gasteiger partial charge in [0.25, 0.3) is 0 Å². The fourth-order valence-corrected chi connectivity index (χ4v) is 1.01. The van der Waals surface area contributed by atoms with Crippen molar-refractivity contribution in [3.8, 4) is 0 Å². The average molecular weight is 201 g/mol. The summed E-state index contributed by atoms with van der Waals surface area (Å²) in [5.74, 6) is 0.105. The molecule has 0 radical (unpaired) electrons. The monoisotopic (exact) mass is 201 g/mol. The van der Waals surface area contributed by atoms with Crippen molar-refractivity contribution in [1.82, 2.24) is 0 Å². The Kier molecular flexibility index (Phi) is 6.32. The number of thiocarbonyl (C=S) groups is 1. The van der Waals surface area contributed by atoms with E-state index in [1.807, 2.05) is 13.8 Å². The number of carbonyl (C=O) groups excluding carboxylic acids is 1. The quantitative estimate of drug-likeness (QED) is 0.385. The number of hydrogen-bond donors (Lipinski definition) is 0. The molecule has 0 aliphatic heterocycles. The van der Waals surface area contributed by atoms with E-state index in [1.54, 1.807) is 0 Å². The van der Waals surface area contributed by atoms with Crippen LogP contribution in [0.5, 0.6) is 0 Å². The molecule has 0 rings (SSSR count). The van der Waals surface area contributed by atoms with Crippen molar-refractivity contribution in [2.75, 3.05) is 7.11 Å². The predicted molar refractivity (Wildman–Crippen MR) is 57.4 cm³/mol. The maximum absolute atomic E-state index is 11.2. The molecule has 74 valence electrons. The summed E-state index contributed by atoms with van der Waals surface area (Å²) in [6.45, 7) is 4.06. The number of esters is 1. The number of rotatable bonds is 5. The van der Waals surface area contributed by atoms with E-state index < -0.39 is 6.04 Å². The summed E-state index contributed by atoms with van der Waals surface area (Å²) in [6, 6.07) is -0.413. The van der Waals surface area contributed by atoms with Crippen LogP contribution in [0.4, 0.5) is 0 Å². The van der Waals surface area contributed by atoms with E-state index in [-0.39, 0.29) is 5.97 Å². The van der Waals surface area contributed by atoms with Gasteiger partial charge in [0.15, 0.2) is 0 Å². The summed E-state index contributed by atoms with van der Waals surface area (Å²) in [7, 11) is 1.36. The first-order chi connectivity index (χ1) is 6.11. The SMILES string of the molecule is COC(=O)C(CC(C)C)N=CC=S. The molecule has 0 saturated carbocycles. The molecular weight excluding hydrogens is 186 g/mol. The molecule has 0 N–H and O–H groups in total. The Hall–Kier alpha value is -0.770. The molecule has 0 heterocycles. The van der Waals surface area contributed by atoms with Crippen molar-refractivity contribution in [1.29, 1.82) is 0 Å². The number of aliphatic imine (C=N–C) groups is 1. The molecule has 13 heavy (non-hydrogen) atoms. The van der Waals surface area contributed by atoms with Crippen molar-refractivity contribution < 1.29 is 9.53 Å². The van der Waals surface area contributed by atoms with Gasteiger partial charge in [-0.25, -0.2) is 4.79 Å². The van der Waals surface area contributed by atoms with Crippen LogP contribution >= 0.6 is 12.2 Å². The molecule has 4 heteroatoms. The van der Waals surface area contributed by atoms with E-state index >= 15 is 0 Å². The van der Waals surface area contributed by atoms with Gasteiger partial charge in [-0.3, -0.25) is 4.99 Å². The van der Waals surface area contributed by atoms with E-state index in [9.17, 15) is 4.79 Å². The molecule has 3 nitrogen and oxygen atoms in total. The number of ether oxygens (including phenoxy) is 1. The molecular formula is C9H15NO2S. The van der Waals surface area contributed by atoms with Gasteiger partial charge in [-0.2, -0.15) is 0 Å². The second kappa shape index (κ2) is 6.71. The van der Waals surface area contributed by atoms with Crippen LogP contribution in [-0.4, -0.2) is 30.7 Å². The third kappa shape index (κ3) is 5.47. The van der Waals surface area contributed by atoms with Crippen LogP contribution in [0, 0.1) is 5.92 Å². The molecule has 0 saturated heterocycles. The third-order valence-corrected chi connectivity index (χ3v) is 1.62. The topological polar surface area (TPSA) is 38.7 Å². The minimum Gasteiger partial charge on any atom is -0.467 e. The van der Waals surface area contributed by atoms with E-state index in [0.717, 1.165) is 0 Å². The highest BCUT2D eigenvalue weighted by atomic mass is 32.1. The fourth-order valence-electron chi connectivity index (χ4n) is 0.940. The lowest BCUT2D eigenvalue weighted by atomic mass is 10.0. The van der Waals surface area contributed by atoms with Crippen LogP contribution in [-0.2, 0) is 9.53 Å². The third-order valence-electron chi connectivity index (χ3n) is 1.49. The lowest BCUT2D eigenvalue weighted by Gasteiger charge is -2.11. The molecule has 0 aliphatic carbocycles. The van der Waals surface area contributed by atoms with E-state index in [0.29, 0.717) is 12.3 Å². The average Bonchev–Trinajstić information content (AvgIpc) is 2.10. The Morgan fingerprint density at radius 3 is 2.62 bits per heavy atom. The number of methoxy groups -OCH3 is 1. The molecule has 0 aliphatic rings. The van der Waals surface area contributed by atoms with Crippen LogP contribution < -0.4 is 0 Å². The van der Waals surface area contributed by atoms with Gasteiger partial charge in [-0.1, -0.05) is 26.1 Å². The van der Waals surface area contributed by atoms with Crippen molar-refractivity contribution in [2.45, 2.75) is 26.3 Å². The van der Waals surface area contributed by atoms with Gasteiger partial charge in [0.2, 0.25) is 0 Å². The summed E-state index contributed by atoms with van der Waals surface area (Å²) in [5, 5.41) is 1.39. The lowest BCUT2D eigenvalue weighted by molar-refractivity contribution is -0.142. The molecule has 0 aromatic carbocycles. The smallest absolute Gasteiger partial charge is 0.330 e. The van der Waals surface area contributed by atoms with Gasteiger partial charge in [-0.05, 0) is 12.3 Å². The molecule has 0 fully saturated rings. The largest absolute Gasteiger partial charge is 0.467 e. The number of nitrogens with zero attached hydrogens (tertiary/aromatic N) is 1. The first-order valence-electron chi connectivity index (χ1n) is 4.16. The van der Waals surface area contributed by atoms with Crippen LogP contribution in [0.25, 0.3) is 0 Å². The molecule has 0 aromatic heterocycles. The van der Waals surface area contributed by atoms with Crippen molar-refractivity contribution >= 4 is 29.8 Å². The van der Waals surface area contributed by atoms with Crippen LogP contribution in [0.15, 0.2) is 4.99 Å². The minimum absolute atomic E-state index is 0.304. The zero-order valence-electron chi connectivity index (χ0n) is 8.19. The predicted octanol–water partition coefficient (Wildman–Crippen LogP) is 1.64. The summed E-state index contributed by atoms with van der Waals surface area (Å²) in [4.78, 5) is 15.2. The maximum Gasteiger partial charge on any atom is 0.330 e. The first kappa shape index (κ1) is 12.2. The van der Waals surface area contributed by atoms with Gasteiger partial charge < -0.3 is 4.74 Å². The highest BCUT2D eigenvalue weighted by Crippen LogP contribution is 2.08. The highest BCUT2D eigenvalue weighted by Gasteiger charge is 2.18. The minimum atomic E-state index is -0.413. The number of hydrogen-bond acceptors (Lipinski definition) is 4. The van der Waals surface area contributed by atoms with Crippen molar-refractivity contribution in [3.63, 3.8) is 0 Å². The molecule has 1 unspecified atom stereocenters. The Bertz CT molecular complexity index is 202. The van der Waals surface area contributed by atoms with Crippen molar-refractivity contribution in [3.05, 3.63) is 0 Å². The lowest BCUT2D eigenvalue weighted by Crippen LogP contribution is -2.22. The Labute approximate surface area is 84.2 Å². The van der Waals surface area contributed by atoms with Crippen LogP contribution in [0.3, 0.4) is 0 Å². The second-order valence-electron chi connectivity index (χ2n) is 3.10. The summed E-state index contributed by atoms with van der Waals surface area (Å²) >= 11 is 4.58. The summed E-state index contributed by atoms with van der Waals surface area (Å²) < 4.78 is 4.61. The fraction of sp³-hybridized carbons (Fsp3) is 0.667. The normalized spacial score (nSPS) is 13.2. The Morgan fingerprint density at radius 2 is 2.23 bits per heavy atom. The van der Waals surface area contributed by atoms with E-state index in [1.165, 1.54) is 18.7 Å². The second-order valence-corrected chi connectivity index (χ2v) is 3.37. The zero-order valence-corrected chi connectivity index (χ0v) is 9.00. The molecule has 0 bridgehead atoms. The van der Waals surface area contributed by atoms with Crippen LogP contribution in [0.1, 0.15) is 20.3 Å². The molecule has 0 amide bonds. The standard InChI is InChI=1S/C9H15NO2S/c1-7(2)6-8(9(11)12-3)10-4-5-13/h4-5,7-8H,6H2,1-3H3. The molecule has 0 aromatic rings. The van der Waals surface area contributed by atoms with Gasteiger partial charge >= 0.3 is 5.97 Å². The highest BCUT2D eigenvalue weighted by molar-refractivity contribution is 7.80. The van der Waals surface area contributed by atoms with Crippen molar-refractivity contribution in [2.24, 2.45) is 10.9 Å². The van der Waals surface area contributed by atoms with Gasteiger partial charge in [-0.15, -0.1) is 0 Å². The van der Waals surface area contributed by atoms with Gasteiger partial charge in [0.05, 0.1) is 7.11 Å².